The van der Waals surface area contributed by atoms with E-state index in [1.807, 2.05) is 21.9 Å². The van der Waals surface area contributed by atoms with Crippen molar-refractivity contribution in [2.75, 3.05) is 32.8 Å². The number of rotatable bonds is 3. The van der Waals surface area contributed by atoms with Crippen LogP contribution in [-0.2, 0) is 20.9 Å². The second kappa shape index (κ2) is 6.83. The van der Waals surface area contributed by atoms with Gasteiger partial charge in [0.1, 0.15) is 5.76 Å². The molecule has 3 aliphatic heterocycles. The highest BCUT2D eigenvalue weighted by molar-refractivity contribution is 5.79. The van der Waals surface area contributed by atoms with Gasteiger partial charge in [0.25, 0.3) is 0 Å². The van der Waals surface area contributed by atoms with Crippen LogP contribution in [0.3, 0.4) is 0 Å². The molecule has 1 atom stereocenters. The third-order valence-electron chi connectivity index (χ3n) is 6.09. The van der Waals surface area contributed by atoms with Gasteiger partial charge in [-0.05, 0) is 43.2 Å². The van der Waals surface area contributed by atoms with Gasteiger partial charge in [-0.25, -0.2) is 0 Å². The number of piperidine rings is 2. The summed E-state index contributed by atoms with van der Waals surface area (Å²) in [5, 5.41) is 0. The number of likely N-dealkylation sites (tertiary alicyclic amines) is 2. The first-order chi connectivity index (χ1) is 12.2. The van der Waals surface area contributed by atoms with Crippen LogP contribution >= 0.6 is 0 Å². The Morgan fingerprint density at radius 1 is 1.28 bits per heavy atom. The van der Waals surface area contributed by atoms with Crippen LogP contribution in [-0.4, -0.2) is 54.5 Å². The van der Waals surface area contributed by atoms with E-state index in [-0.39, 0.29) is 23.1 Å². The summed E-state index contributed by atoms with van der Waals surface area (Å²) in [6, 6.07) is 3.77. The van der Waals surface area contributed by atoms with Crippen molar-refractivity contribution in [3.63, 3.8) is 0 Å². The fourth-order valence-corrected chi connectivity index (χ4v) is 4.43. The van der Waals surface area contributed by atoms with E-state index in [2.05, 4.69) is 0 Å². The van der Waals surface area contributed by atoms with Crippen molar-refractivity contribution in [3.05, 3.63) is 24.2 Å². The largest absolute Gasteiger partial charge is 0.467 e. The summed E-state index contributed by atoms with van der Waals surface area (Å²) in [6.45, 7) is 4.22. The Morgan fingerprint density at radius 2 is 2.12 bits per heavy atom. The van der Waals surface area contributed by atoms with Gasteiger partial charge in [-0.1, -0.05) is 0 Å². The number of ether oxygens (including phenoxy) is 1. The number of furan rings is 1. The second-order valence-corrected chi connectivity index (χ2v) is 7.71. The Hall–Kier alpha value is -1.82. The molecule has 6 nitrogen and oxygen atoms in total. The number of hydrogen-bond acceptors (Lipinski definition) is 4. The predicted octanol–water partition coefficient (Wildman–Crippen LogP) is 2.05. The van der Waals surface area contributed by atoms with Crippen molar-refractivity contribution < 1.29 is 18.7 Å². The fourth-order valence-electron chi connectivity index (χ4n) is 4.43. The topological polar surface area (TPSA) is 63.0 Å². The summed E-state index contributed by atoms with van der Waals surface area (Å²) in [7, 11) is 0. The first-order valence-electron chi connectivity index (χ1n) is 9.32. The van der Waals surface area contributed by atoms with Crippen molar-refractivity contribution in [1.82, 2.24) is 9.80 Å². The number of hydrogen-bond donors (Lipinski definition) is 0. The Kier molecular flexibility index (Phi) is 4.54. The minimum absolute atomic E-state index is 0.0532. The molecule has 0 bridgehead atoms. The Bertz CT molecular complexity index is 613. The molecule has 6 heteroatoms. The van der Waals surface area contributed by atoms with Crippen molar-refractivity contribution in [1.29, 1.82) is 0 Å². The summed E-state index contributed by atoms with van der Waals surface area (Å²) in [4.78, 5) is 28.8. The van der Waals surface area contributed by atoms with Crippen LogP contribution in [0.2, 0.25) is 0 Å². The Balaban J connectivity index is 1.36. The van der Waals surface area contributed by atoms with Crippen LogP contribution < -0.4 is 0 Å². The zero-order chi connectivity index (χ0) is 17.3. The minimum atomic E-state index is 0.0532. The predicted molar refractivity (Wildman–Crippen MR) is 90.5 cm³/mol. The van der Waals surface area contributed by atoms with Gasteiger partial charge >= 0.3 is 0 Å². The first kappa shape index (κ1) is 16.6. The van der Waals surface area contributed by atoms with Crippen LogP contribution in [0.15, 0.2) is 22.8 Å². The van der Waals surface area contributed by atoms with Crippen LogP contribution in [0.4, 0.5) is 0 Å². The maximum Gasteiger partial charge on any atom is 0.228 e. The molecule has 3 aliphatic rings. The maximum atomic E-state index is 12.6. The lowest BCUT2D eigenvalue weighted by molar-refractivity contribution is -0.145. The first-order valence-corrected chi connectivity index (χ1v) is 9.32. The lowest BCUT2D eigenvalue weighted by Gasteiger charge is -2.47. The highest BCUT2D eigenvalue weighted by atomic mass is 16.5. The zero-order valence-electron chi connectivity index (χ0n) is 14.6. The van der Waals surface area contributed by atoms with Gasteiger partial charge in [-0.2, -0.15) is 0 Å². The minimum Gasteiger partial charge on any atom is -0.467 e. The Morgan fingerprint density at radius 3 is 2.80 bits per heavy atom. The lowest BCUT2D eigenvalue weighted by Crippen LogP contribution is -2.52. The standard InChI is InChI=1S/C19H26N2O4/c22-17-3-5-19(14-21(17)12-16-2-1-10-25-16)6-8-20(9-7-19)18(23)15-4-11-24-13-15/h1-2,10,15H,3-9,11-14H2. The van der Waals surface area contributed by atoms with Crippen LogP contribution in [0.25, 0.3) is 0 Å². The number of amides is 2. The molecule has 1 aromatic heterocycles. The monoisotopic (exact) mass is 346 g/mol. The fraction of sp³-hybridized carbons (Fsp3) is 0.684. The molecule has 4 rings (SSSR count). The Labute approximate surface area is 148 Å². The van der Waals surface area contributed by atoms with E-state index in [4.69, 9.17) is 9.15 Å². The average Bonchev–Trinajstić information content (AvgIpc) is 3.32. The van der Waals surface area contributed by atoms with E-state index in [0.717, 1.165) is 51.1 Å². The molecule has 25 heavy (non-hydrogen) atoms. The van der Waals surface area contributed by atoms with Crippen molar-refractivity contribution in [2.24, 2.45) is 11.3 Å². The smallest absolute Gasteiger partial charge is 0.228 e. The van der Waals surface area contributed by atoms with E-state index in [9.17, 15) is 9.59 Å². The molecule has 0 aliphatic carbocycles. The lowest BCUT2D eigenvalue weighted by atomic mass is 9.72. The van der Waals surface area contributed by atoms with Gasteiger partial charge < -0.3 is 19.0 Å². The summed E-state index contributed by atoms with van der Waals surface area (Å²) in [5.41, 5.74) is 0.156. The molecule has 0 radical (unpaired) electrons. The summed E-state index contributed by atoms with van der Waals surface area (Å²) >= 11 is 0. The van der Waals surface area contributed by atoms with Gasteiger partial charge in [0, 0.05) is 32.7 Å². The van der Waals surface area contributed by atoms with Crippen molar-refractivity contribution >= 4 is 11.8 Å². The molecule has 1 spiro atoms. The highest BCUT2D eigenvalue weighted by Gasteiger charge is 2.42. The summed E-state index contributed by atoms with van der Waals surface area (Å²) < 4.78 is 10.8. The molecule has 3 fully saturated rings. The molecule has 0 aromatic carbocycles. The summed E-state index contributed by atoms with van der Waals surface area (Å²) in [5.74, 6) is 1.35. The zero-order valence-corrected chi connectivity index (χ0v) is 14.6. The van der Waals surface area contributed by atoms with Crippen LogP contribution in [0, 0.1) is 11.3 Å². The molecular weight excluding hydrogens is 320 g/mol. The summed E-state index contributed by atoms with van der Waals surface area (Å²) in [6.07, 6.45) is 6.00. The highest BCUT2D eigenvalue weighted by Crippen LogP contribution is 2.41. The normalized spacial score (nSPS) is 26.4. The quantitative estimate of drug-likeness (QED) is 0.840. The van der Waals surface area contributed by atoms with Gasteiger partial charge in [0.2, 0.25) is 11.8 Å². The van der Waals surface area contributed by atoms with E-state index in [1.54, 1.807) is 6.26 Å². The van der Waals surface area contributed by atoms with Crippen molar-refractivity contribution in [3.8, 4) is 0 Å². The molecule has 136 valence electrons. The van der Waals surface area contributed by atoms with Crippen LogP contribution in [0.5, 0.6) is 0 Å². The molecule has 0 N–H and O–H groups in total. The van der Waals surface area contributed by atoms with E-state index < -0.39 is 0 Å². The molecule has 1 aromatic rings. The molecular formula is C19H26N2O4. The second-order valence-electron chi connectivity index (χ2n) is 7.71. The molecule has 0 saturated carbocycles. The molecule has 4 heterocycles. The van der Waals surface area contributed by atoms with Crippen molar-refractivity contribution in [2.45, 2.75) is 38.6 Å². The third kappa shape index (κ3) is 3.45. The molecule has 1 unspecified atom stereocenters. The van der Waals surface area contributed by atoms with Gasteiger partial charge in [0.15, 0.2) is 0 Å². The van der Waals surface area contributed by atoms with E-state index >= 15 is 0 Å². The number of carbonyl (C=O) groups is 2. The third-order valence-corrected chi connectivity index (χ3v) is 6.09. The van der Waals surface area contributed by atoms with Gasteiger partial charge in [-0.15, -0.1) is 0 Å². The number of nitrogens with zero attached hydrogens (tertiary/aromatic N) is 2. The maximum absolute atomic E-state index is 12.6. The van der Waals surface area contributed by atoms with Gasteiger partial charge in [-0.3, -0.25) is 9.59 Å². The van der Waals surface area contributed by atoms with E-state index in [0.29, 0.717) is 26.2 Å². The molecule has 3 saturated heterocycles. The van der Waals surface area contributed by atoms with Gasteiger partial charge in [0.05, 0.1) is 25.3 Å². The van der Waals surface area contributed by atoms with Crippen LogP contribution in [0.1, 0.15) is 37.9 Å². The average molecular weight is 346 g/mol. The SMILES string of the molecule is O=C1CCC2(CCN(C(=O)C3CCOC3)CC2)CN1Cc1ccco1. The molecule has 2 amide bonds. The number of carbonyl (C=O) groups excluding carboxylic acids is 2. The van der Waals surface area contributed by atoms with E-state index in [1.165, 1.54) is 0 Å².